The first-order chi connectivity index (χ1) is 13.7. The molecule has 0 radical (unpaired) electrons. The zero-order chi connectivity index (χ0) is 19.3. The Hall–Kier alpha value is -3.99. The molecular weight excluding hydrogens is 350 g/mol. The summed E-state index contributed by atoms with van der Waals surface area (Å²) < 4.78 is 0. The van der Waals surface area contributed by atoms with Gasteiger partial charge in [-0.25, -0.2) is 9.97 Å². The summed E-state index contributed by atoms with van der Waals surface area (Å²) in [6.07, 6.45) is 4.76. The van der Waals surface area contributed by atoms with Crippen LogP contribution in [0, 0.1) is 0 Å². The zero-order valence-electron chi connectivity index (χ0n) is 14.9. The van der Waals surface area contributed by atoms with Crippen LogP contribution in [0.3, 0.4) is 0 Å². The lowest BCUT2D eigenvalue weighted by Crippen LogP contribution is -2.12. The topological polar surface area (TPSA) is 75.1 Å². The van der Waals surface area contributed by atoms with Crippen LogP contribution < -0.4 is 5.32 Å². The van der Waals surface area contributed by atoms with E-state index in [0.29, 0.717) is 5.69 Å². The van der Waals surface area contributed by atoms with Crippen LogP contribution in [0.2, 0.25) is 0 Å². The van der Waals surface area contributed by atoms with E-state index in [1.54, 1.807) is 24.5 Å². The van der Waals surface area contributed by atoms with Gasteiger partial charge in [-0.2, -0.15) is 0 Å². The summed E-state index contributed by atoms with van der Waals surface area (Å²) in [5.41, 5.74) is 4.42. The molecule has 0 aliphatic rings. The van der Waals surface area contributed by atoms with Gasteiger partial charge in [0, 0.05) is 23.6 Å². The molecule has 0 unspecified atom stereocenters. The maximum Gasteiger partial charge on any atom is 0.259 e. The lowest BCUT2D eigenvalue weighted by Gasteiger charge is -2.10. The molecule has 1 heterocycles. The number of nitrogens with zero attached hydrogens (tertiary/aromatic N) is 2. The van der Waals surface area contributed by atoms with E-state index >= 15 is 0 Å². The fourth-order valence-electron chi connectivity index (χ4n) is 2.95. The van der Waals surface area contributed by atoms with Crippen LogP contribution in [0.25, 0.3) is 22.3 Å². The van der Waals surface area contributed by atoms with Crippen LogP contribution in [0.4, 0.5) is 5.69 Å². The zero-order valence-corrected chi connectivity index (χ0v) is 14.9. The number of phenolic OH excluding ortho intramolecular Hbond substituents is 1. The highest BCUT2D eigenvalue weighted by Crippen LogP contribution is 2.27. The number of hydrogen-bond donors (Lipinski definition) is 2. The summed E-state index contributed by atoms with van der Waals surface area (Å²) in [7, 11) is 0. The van der Waals surface area contributed by atoms with Gasteiger partial charge < -0.3 is 10.4 Å². The normalized spacial score (nSPS) is 10.4. The van der Waals surface area contributed by atoms with Gasteiger partial charge >= 0.3 is 0 Å². The van der Waals surface area contributed by atoms with E-state index in [4.69, 9.17) is 0 Å². The van der Waals surface area contributed by atoms with Gasteiger partial charge in [0.05, 0.1) is 5.56 Å². The molecule has 1 aromatic heterocycles. The third-order valence-electron chi connectivity index (χ3n) is 4.36. The van der Waals surface area contributed by atoms with E-state index in [0.717, 1.165) is 22.3 Å². The van der Waals surface area contributed by atoms with Gasteiger partial charge in [-0.15, -0.1) is 0 Å². The molecule has 1 amide bonds. The summed E-state index contributed by atoms with van der Waals surface area (Å²) in [4.78, 5) is 20.7. The molecule has 0 bridgehead atoms. The van der Waals surface area contributed by atoms with Crippen molar-refractivity contribution in [2.45, 2.75) is 0 Å². The quantitative estimate of drug-likeness (QED) is 0.545. The third kappa shape index (κ3) is 3.73. The Balaban J connectivity index is 1.61. The molecule has 0 spiro atoms. The van der Waals surface area contributed by atoms with Crippen LogP contribution in [0.15, 0.2) is 91.5 Å². The molecule has 136 valence electrons. The molecule has 0 atom stereocenters. The van der Waals surface area contributed by atoms with Crippen LogP contribution in [0.1, 0.15) is 10.4 Å². The highest BCUT2D eigenvalue weighted by molar-refractivity contribution is 6.07. The van der Waals surface area contributed by atoms with Gasteiger partial charge in [-0.05, 0) is 41.0 Å². The van der Waals surface area contributed by atoms with Gasteiger partial charge in [-0.3, -0.25) is 4.79 Å². The number of aromatic hydroxyl groups is 1. The molecule has 5 heteroatoms. The molecule has 0 aliphatic carbocycles. The standard InChI is InChI=1S/C23H17N3O2/c27-22-10-9-18(19-13-24-15-25-14-19)12-21(22)23(28)26-20-8-4-7-17(11-20)16-5-2-1-3-6-16/h1-15,27H,(H,26,28). The summed E-state index contributed by atoms with van der Waals surface area (Å²) >= 11 is 0. The Morgan fingerprint density at radius 3 is 2.25 bits per heavy atom. The van der Waals surface area contributed by atoms with Crippen LogP contribution in [-0.2, 0) is 0 Å². The Labute approximate surface area is 162 Å². The maximum absolute atomic E-state index is 12.8. The highest BCUT2D eigenvalue weighted by atomic mass is 16.3. The molecule has 3 aromatic carbocycles. The molecule has 0 saturated heterocycles. The Morgan fingerprint density at radius 1 is 0.750 bits per heavy atom. The van der Waals surface area contributed by atoms with E-state index in [1.165, 1.54) is 12.4 Å². The largest absolute Gasteiger partial charge is 0.507 e. The molecule has 4 aromatic rings. The number of rotatable bonds is 4. The first-order valence-electron chi connectivity index (χ1n) is 8.76. The van der Waals surface area contributed by atoms with Gasteiger partial charge in [0.2, 0.25) is 0 Å². The Morgan fingerprint density at radius 2 is 1.46 bits per heavy atom. The first-order valence-corrected chi connectivity index (χ1v) is 8.76. The van der Waals surface area contributed by atoms with Crippen molar-refractivity contribution < 1.29 is 9.90 Å². The minimum atomic E-state index is -0.388. The van der Waals surface area contributed by atoms with Gasteiger partial charge in [0.15, 0.2) is 0 Å². The summed E-state index contributed by atoms with van der Waals surface area (Å²) in [6, 6.07) is 22.4. The molecule has 0 aliphatic heterocycles. The SMILES string of the molecule is O=C(Nc1cccc(-c2ccccc2)c1)c1cc(-c2cncnc2)ccc1O. The van der Waals surface area contributed by atoms with E-state index < -0.39 is 0 Å². The molecule has 2 N–H and O–H groups in total. The number of nitrogens with one attached hydrogen (secondary N) is 1. The predicted octanol–water partition coefficient (Wildman–Crippen LogP) is 4.77. The van der Waals surface area contributed by atoms with Crippen molar-refractivity contribution >= 4 is 11.6 Å². The Kier molecular flexibility index (Phi) is 4.80. The van der Waals surface area contributed by atoms with Gasteiger partial charge in [0.1, 0.15) is 12.1 Å². The summed E-state index contributed by atoms with van der Waals surface area (Å²) in [5.74, 6) is -0.473. The lowest BCUT2D eigenvalue weighted by atomic mass is 10.0. The van der Waals surface area contributed by atoms with Crippen molar-refractivity contribution in [1.82, 2.24) is 9.97 Å². The highest BCUT2D eigenvalue weighted by Gasteiger charge is 2.13. The second-order valence-corrected chi connectivity index (χ2v) is 6.26. The van der Waals surface area contributed by atoms with Crippen molar-refractivity contribution in [2.75, 3.05) is 5.32 Å². The number of carbonyl (C=O) groups excluding carboxylic acids is 1. The summed E-state index contributed by atoms with van der Waals surface area (Å²) in [5, 5.41) is 13.0. The molecule has 0 fully saturated rings. The number of benzene rings is 3. The second-order valence-electron chi connectivity index (χ2n) is 6.26. The minimum absolute atomic E-state index is 0.0858. The second kappa shape index (κ2) is 7.72. The van der Waals surface area contributed by atoms with Crippen molar-refractivity contribution in [3.05, 3.63) is 97.1 Å². The van der Waals surface area contributed by atoms with Crippen LogP contribution in [-0.4, -0.2) is 21.0 Å². The summed E-state index contributed by atoms with van der Waals surface area (Å²) in [6.45, 7) is 0. The molecule has 0 saturated carbocycles. The monoisotopic (exact) mass is 367 g/mol. The molecule has 5 nitrogen and oxygen atoms in total. The molecule has 28 heavy (non-hydrogen) atoms. The van der Waals surface area contributed by atoms with Crippen LogP contribution in [0.5, 0.6) is 5.75 Å². The predicted molar refractivity (Wildman–Crippen MR) is 109 cm³/mol. The number of hydrogen-bond acceptors (Lipinski definition) is 4. The number of phenols is 1. The van der Waals surface area contributed by atoms with Crippen molar-refractivity contribution in [1.29, 1.82) is 0 Å². The fraction of sp³-hybridized carbons (Fsp3) is 0. The van der Waals surface area contributed by atoms with E-state index in [2.05, 4.69) is 15.3 Å². The average molecular weight is 367 g/mol. The first kappa shape index (κ1) is 17.4. The Bertz CT molecular complexity index is 1110. The van der Waals surface area contributed by atoms with Crippen LogP contribution >= 0.6 is 0 Å². The lowest BCUT2D eigenvalue weighted by molar-refractivity contribution is 0.102. The molecule has 4 rings (SSSR count). The number of aromatic nitrogens is 2. The number of amides is 1. The van der Waals surface area contributed by atoms with Gasteiger partial charge in [-0.1, -0.05) is 48.5 Å². The smallest absolute Gasteiger partial charge is 0.259 e. The van der Waals surface area contributed by atoms with E-state index in [9.17, 15) is 9.90 Å². The number of anilines is 1. The van der Waals surface area contributed by atoms with Gasteiger partial charge in [0.25, 0.3) is 5.91 Å². The fourth-order valence-corrected chi connectivity index (χ4v) is 2.95. The average Bonchev–Trinajstić information content (AvgIpc) is 2.75. The maximum atomic E-state index is 12.8. The van der Waals surface area contributed by atoms with E-state index in [1.807, 2.05) is 54.6 Å². The third-order valence-corrected chi connectivity index (χ3v) is 4.36. The number of carbonyl (C=O) groups is 1. The van der Waals surface area contributed by atoms with Crippen molar-refractivity contribution in [3.8, 4) is 28.0 Å². The molecular formula is C23H17N3O2. The van der Waals surface area contributed by atoms with Crippen molar-refractivity contribution in [2.24, 2.45) is 0 Å². The van der Waals surface area contributed by atoms with Crippen molar-refractivity contribution in [3.63, 3.8) is 0 Å². The minimum Gasteiger partial charge on any atom is -0.507 e. The van der Waals surface area contributed by atoms with E-state index in [-0.39, 0.29) is 17.2 Å².